The Labute approximate surface area is 115 Å². The van der Waals surface area contributed by atoms with Crippen molar-refractivity contribution in [3.8, 4) is 0 Å². The first-order chi connectivity index (χ1) is 8.82. The molecule has 0 saturated heterocycles. The van der Waals surface area contributed by atoms with E-state index in [0.29, 0.717) is 19.1 Å². The highest BCUT2D eigenvalue weighted by Crippen LogP contribution is 2.38. The molecule has 0 aliphatic carbocycles. The molecule has 0 heterocycles. The fraction of sp³-hybridized carbons (Fsp3) is 0.538. The second-order valence-corrected chi connectivity index (χ2v) is 4.96. The lowest BCUT2D eigenvalue weighted by atomic mass is 10.1. The number of anilines is 1. The van der Waals surface area contributed by atoms with Crippen LogP contribution in [0, 0.1) is 5.92 Å². The molecular weight excluding hydrogens is 279 g/mol. The van der Waals surface area contributed by atoms with Crippen LogP contribution in [0.25, 0.3) is 0 Å². The van der Waals surface area contributed by atoms with E-state index in [9.17, 15) is 13.2 Å². The van der Waals surface area contributed by atoms with Gasteiger partial charge in [-0.1, -0.05) is 31.5 Å². The minimum atomic E-state index is -4.42. The van der Waals surface area contributed by atoms with Crippen LogP contribution in [0.15, 0.2) is 18.2 Å². The van der Waals surface area contributed by atoms with Gasteiger partial charge in [-0.15, -0.1) is 0 Å². The van der Waals surface area contributed by atoms with Crippen LogP contribution in [0.4, 0.5) is 18.9 Å². The van der Waals surface area contributed by atoms with Crippen LogP contribution in [0.1, 0.15) is 19.4 Å². The standard InChI is InChI=1S/C13H17ClF3NO/c1-9(2)8-19-7-6-18-12-10(13(15,16)17)4-3-5-11(12)14/h3-5,9,18H,6-8H2,1-2H3. The average Bonchev–Trinajstić information content (AvgIpc) is 2.28. The number of hydrogen-bond acceptors (Lipinski definition) is 2. The van der Waals surface area contributed by atoms with Crippen molar-refractivity contribution in [2.24, 2.45) is 5.92 Å². The van der Waals surface area contributed by atoms with Gasteiger partial charge in [-0.2, -0.15) is 13.2 Å². The molecule has 0 spiro atoms. The number of hydrogen-bond donors (Lipinski definition) is 1. The first-order valence-electron chi connectivity index (χ1n) is 5.99. The highest BCUT2D eigenvalue weighted by molar-refractivity contribution is 6.33. The summed E-state index contributed by atoms with van der Waals surface area (Å²) in [6.07, 6.45) is -4.42. The quantitative estimate of drug-likeness (QED) is 0.783. The molecule has 1 aromatic carbocycles. The summed E-state index contributed by atoms with van der Waals surface area (Å²) in [7, 11) is 0. The Balaban J connectivity index is 2.62. The van der Waals surface area contributed by atoms with E-state index in [1.165, 1.54) is 12.1 Å². The van der Waals surface area contributed by atoms with E-state index >= 15 is 0 Å². The summed E-state index contributed by atoms with van der Waals surface area (Å²) in [5.74, 6) is 0.394. The number of rotatable bonds is 6. The molecule has 0 bridgehead atoms. The number of nitrogens with one attached hydrogen (secondary N) is 1. The zero-order valence-corrected chi connectivity index (χ0v) is 11.6. The zero-order chi connectivity index (χ0) is 14.5. The Bertz CT molecular complexity index is 407. The maximum atomic E-state index is 12.8. The Hall–Kier alpha value is -0.940. The summed E-state index contributed by atoms with van der Waals surface area (Å²) < 4.78 is 43.6. The summed E-state index contributed by atoms with van der Waals surface area (Å²) in [6.45, 7) is 5.20. The number of ether oxygens (including phenoxy) is 1. The third kappa shape index (κ3) is 5.28. The van der Waals surface area contributed by atoms with E-state index in [0.717, 1.165) is 6.07 Å². The topological polar surface area (TPSA) is 21.3 Å². The number of halogens is 4. The van der Waals surface area contributed by atoms with E-state index < -0.39 is 11.7 Å². The monoisotopic (exact) mass is 295 g/mol. The van der Waals surface area contributed by atoms with Gasteiger partial charge in [0.1, 0.15) is 0 Å². The highest BCUT2D eigenvalue weighted by atomic mass is 35.5. The van der Waals surface area contributed by atoms with Crippen LogP contribution in [0.3, 0.4) is 0 Å². The van der Waals surface area contributed by atoms with Crippen molar-refractivity contribution in [3.05, 3.63) is 28.8 Å². The van der Waals surface area contributed by atoms with Gasteiger partial charge in [-0.05, 0) is 18.1 Å². The fourth-order valence-corrected chi connectivity index (χ4v) is 1.75. The predicted octanol–water partition coefficient (Wildman–Crippen LogP) is 4.44. The van der Waals surface area contributed by atoms with Gasteiger partial charge in [0.05, 0.1) is 22.9 Å². The molecule has 108 valence electrons. The molecule has 6 heteroatoms. The van der Waals surface area contributed by atoms with Crippen molar-refractivity contribution in [2.45, 2.75) is 20.0 Å². The van der Waals surface area contributed by atoms with Crippen LogP contribution >= 0.6 is 11.6 Å². The lowest BCUT2D eigenvalue weighted by Crippen LogP contribution is -2.16. The van der Waals surface area contributed by atoms with Crippen molar-refractivity contribution in [2.75, 3.05) is 25.1 Å². The summed E-state index contributed by atoms with van der Waals surface area (Å²) in [5, 5.41) is 2.74. The number of para-hydroxylation sites is 1. The Morgan fingerprint density at radius 3 is 2.58 bits per heavy atom. The molecule has 2 nitrogen and oxygen atoms in total. The van der Waals surface area contributed by atoms with E-state index in [1.807, 2.05) is 13.8 Å². The summed E-state index contributed by atoms with van der Waals surface area (Å²) in [5.41, 5.74) is -0.853. The van der Waals surface area contributed by atoms with Crippen molar-refractivity contribution in [1.82, 2.24) is 0 Å². The second-order valence-electron chi connectivity index (χ2n) is 4.56. The molecule has 0 saturated carbocycles. The SMILES string of the molecule is CC(C)COCCNc1c(Cl)cccc1C(F)(F)F. The van der Waals surface area contributed by atoms with Crippen LogP contribution < -0.4 is 5.32 Å². The summed E-state index contributed by atoms with van der Waals surface area (Å²) in [4.78, 5) is 0. The van der Waals surface area contributed by atoms with E-state index in [2.05, 4.69) is 5.32 Å². The summed E-state index contributed by atoms with van der Waals surface area (Å²) >= 11 is 5.80. The summed E-state index contributed by atoms with van der Waals surface area (Å²) in [6, 6.07) is 3.71. The smallest absolute Gasteiger partial charge is 0.381 e. The molecule has 0 unspecified atom stereocenters. The predicted molar refractivity (Wildman–Crippen MR) is 70.6 cm³/mol. The van der Waals surface area contributed by atoms with Crippen molar-refractivity contribution in [1.29, 1.82) is 0 Å². The number of alkyl halides is 3. The molecule has 1 N–H and O–H groups in total. The van der Waals surface area contributed by atoms with Gasteiger partial charge in [0.2, 0.25) is 0 Å². The van der Waals surface area contributed by atoms with Crippen molar-refractivity contribution >= 4 is 17.3 Å². The van der Waals surface area contributed by atoms with Gasteiger partial charge >= 0.3 is 6.18 Å². The highest BCUT2D eigenvalue weighted by Gasteiger charge is 2.34. The zero-order valence-electron chi connectivity index (χ0n) is 10.9. The van der Waals surface area contributed by atoms with Crippen molar-refractivity contribution in [3.63, 3.8) is 0 Å². The maximum absolute atomic E-state index is 12.8. The van der Waals surface area contributed by atoms with Crippen LogP contribution in [0.2, 0.25) is 5.02 Å². The van der Waals surface area contributed by atoms with Gasteiger partial charge in [-0.3, -0.25) is 0 Å². The molecule has 0 aliphatic heterocycles. The average molecular weight is 296 g/mol. The Morgan fingerprint density at radius 2 is 2.00 bits per heavy atom. The minimum absolute atomic E-state index is 0.0543. The third-order valence-electron chi connectivity index (χ3n) is 2.32. The van der Waals surface area contributed by atoms with Crippen LogP contribution in [0.5, 0.6) is 0 Å². The fourth-order valence-electron chi connectivity index (χ4n) is 1.51. The van der Waals surface area contributed by atoms with Gasteiger partial charge in [0.25, 0.3) is 0 Å². The van der Waals surface area contributed by atoms with E-state index in [4.69, 9.17) is 16.3 Å². The van der Waals surface area contributed by atoms with Crippen molar-refractivity contribution < 1.29 is 17.9 Å². The van der Waals surface area contributed by atoms with Gasteiger partial charge in [0, 0.05) is 13.2 Å². The largest absolute Gasteiger partial charge is 0.418 e. The van der Waals surface area contributed by atoms with Crippen LogP contribution in [-0.2, 0) is 10.9 Å². The molecule has 0 atom stereocenters. The molecular formula is C13H17ClF3NO. The Kier molecular flexibility index (Phi) is 5.94. The van der Waals surface area contributed by atoms with Crippen LogP contribution in [-0.4, -0.2) is 19.8 Å². The molecule has 0 fully saturated rings. The van der Waals surface area contributed by atoms with Gasteiger partial charge in [-0.25, -0.2) is 0 Å². The van der Waals surface area contributed by atoms with E-state index in [1.54, 1.807) is 0 Å². The number of benzene rings is 1. The lowest BCUT2D eigenvalue weighted by Gasteiger charge is -2.16. The Morgan fingerprint density at radius 1 is 1.32 bits per heavy atom. The first kappa shape index (κ1) is 16.1. The molecule has 19 heavy (non-hydrogen) atoms. The lowest BCUT2D eigenvalue weighted by molar-refractivity contribution is -0.136. The first-order valence-corrected chi connectivity index (χ1v) is 6.37. The normalized spacial score (nSPS) is 11.9. The molecule has 1 rings (SSSR count). The second kappa shape index (κ2) is 7.01. The van der Waals surface area contributed by atoms with Gasteiger partial charge < -0.3 is 10.1 Å². The maximum Gasteiger partial charge on any atom is 0.418 e. The van der Waals surface area contributed by atoms with Gasteiger partial charge in [0.15, 0.2) is 0 Å². The molecule has 1 aromatic rings. The molecule has 0 radical (unpaired) electrons. The van der Waals surface area contributed by atoms with E-state index in [-0.39, 0.29) is 17.3 Å². The molecule has 0 aromatic heterocycles. The molecule has 0 aliphatic rings. The third-order valence-corrected chi connectivity index (χ3v) is 2.63. The molecule has 0 amide bonds. The minimum Gasteiger partial charge on any atom is -0.381 e.